The van der Waals surface area contributed by atoms with E-state index in [2.05, 4.69) is 33.8 Å². The maximum Gasteiger partial charge on any atom is 0.407 e. The fraction of sp³-hybridized carbons (Fsp3) is 0.400. The van der Waals surface area contributed by atoms with Crippen molar-refractivity contribution in [1.29, 1.82) is 0 Å². The van der Waals surface area contributed by atoms with Crippen LogP contribution < -0.4 is 15.4 Å². The summed E-state index contributed by atoms with van der Waals surface area (Å²) in [5.74, 6) is 0.853. The Hall–Kier alpha value is -2.99. The van der Waals surface area contributed by atoms with Gasteiger partial charge in [-0.05, 0) is 69.5 Å². The smallest absolute Gasteiger partial charge is 0.407 e. The second kappa shape index (κ2) is 10.4. The van der Waals surface area contributed by atoms with Gasteiger partial charge in [-0.25, -0.2) is 4.79 Å². The number of nitrogens with one attached hydrogen (secondary N) is 3. The third-order valence-electron chi connectivity index (χ3n) is 4.98. The number of amides is 1. The highest BCUT2D eigenvalue weighted by Crippen LogP contribution is 2.23. The van der Waals surface area contributed by atoms with E-state index in [0.717, 1.165) is 30.7 Å². The van der Waals surface area contributed by atoms with E-state index in [4.69, 9.17) is 9.47 Å². The van der Waals surface area contributed by atoms with Crippen LogP contribution in [0, 0.1) is 0 Å². The number of carbonyl (C=O) groups excluding carboxylic acids is 1. The first kappa shape index (κ1) is 22.7. The summed E-state index contributed by atoms with van der Waals surface area (Å²) < 4.78 is 10.8. The number of H-pyrrole nitrogens is 1. The zero-order valence-corrected chi connectivity index (χ0v) is 18.8. The summed E-state index contributed by atoms with van der Waals surface area (Å²) >= 11 is 0. The summed E-state index contributed by atoms with van der Waals surface area (Å²) in [6.07, 6.45) is 3.26. The van der Waals surface area contributed by atoms with Crippen LogP contribution in [0.25, 0.3) is 10.9 Å². The minimum Gasteiger partial charge on any atom is -0.497 e. The van der Waals surface area contributed by atoms with E-state index in [1.165, 1.54) is 16.5 Å². The van der Waals surface area contributed by atoms with Crippen molar-refractivity contribution in [2.45, 2.75) is 45.3 Å². The first-order valence-electron chi connectivity index (χ1n) is 10.7. The van der Waals surface area contributed by atoms with Crippen molar-refractivity contribution in [3.8, 4) is 5.75 Å². The molecule has 0 fully saturated rings. The summed E-state index contributed by atoms with van der Waals surface area (Å²) in [5, 5.41) is 7.68. The number of aromatic amines is 1. The van der Waals surface area contributed by atoms with Crippen molar-refractivity contribution in [1.82, 2.24) is 15.6 Å². The average Bonchev–Trinajstić information content (AvgIpc) is 3.12. The van der Waals surface area contributed by atoms with E-state index in [-0.39, 0.29) is 12.1 Å². The molecule has 0 aliphatic heterocycles. The zero-order chi connectivity index (χ0) is 22.3. The van der Waals surface area contributed by atoms with Crippen LogP contribution in [0.1, 0.15) is 31.9 Å². The number of alkyl carbamates (subject to hydrolysis) is 1. The Labute approximate surface area is 184 Å². The number of hydrogen-bond acceptors (Lipinski definition) is 4. The van der Waals surface area contributed by atoms with Gasteiger partial charge in [0.15, 0.2) is 0 Å². The van der Waals surface area contributed by atoms with Crippen LogP contribution in [0.15, 0.2) is 54.7 Å². The number of fused-ring (bicyclic) bond motifs is 1. The molecule has 1 atom stereocenters. The quantitative estimate of drug-likeness (QED) is 0.445. The molecule has 0 bridgehead atoms. The van der Waals surface area contributed by atoms with Crippen molar-refractivity contribution < 1.29 is 14.3 Å². The van der Waals surface area contributed by atoms with Crippen molar-refractivity contribution in [2.75, 3.05) is 20.2 Å². The molecule has 6 nitrogen and oxygen atoms in total. The van der Waals surface area contributed by atoms with Crippen LogP contribution in [-0.2, 0) is 17.6 Å². The SMILES string of the molecule is COc1ccc2[nH]cc(CCNC[C@H](Cc3ccccc3)NC(=O)OC(C)(C)C)c2c1. The Kier molecular flexibility index (Phi) is 7.58. The van der Waals surface area contributed by atoms with Crippen LogP contribution in [0.4, 0.5) is 4.79 Å². The van der Waals surface area contributed by atoms with Gasteiger partial charge in [-0.2, -0.15) is 0 Å². The fourth-order valence-electron chi connectivity index (χ4n) is 3.54. The Morgan fingerprint density at radius 2 is 1.90 bits per heavy atom. The number of carbonyl (C=O) groups is 1. The van der Waals surface area contributed by atoms with Crippen LogP contribution in [0.3, 0.4) is 0 Å². The molecule has 1 aromatic heterocycles. The molecule has 1 amide bonds. The number of ether oxygens (including phenoxy) is 2. The standard InChI is InChI=1S/C25H33N3O3/c1-25(2,3)31-24(29)28-20(14-18-8-6-5-7-9-18)17-26-13-12-19-16-27-23-11-10-21(30-4)15-22(19)23/h5-11,15-16,20,26-27H,12-14,17H2,1-4H3,(H,28,29)/t20-/m0/s1. The first-order valence-corrected chi connectivity index (χ1v) is 10.7. The van der Waals surface area contributed by atoms with E-state index in [0.29, 0.717) is 6.54 Å². The molecule has 166 valence electrons. The van der Waals surface area contributed by atoms with Gasteiger partial charge in [-0.15, -0.1) is 0 Å². The Balaban J connectivity index is 1.57. The second-order valence-electron chi connectivity index (χ2n) is 8.71. The third kappa shape index (κ3) is 7.03. The molecule has 0 saturated carbocycles. The van der Waals surface area contributed by atoms with Gasteiger partial charge in [0.2, 0.25) is 0 Å². The van der Waals surface area contributed by atoms with Gasteiger partial charge >= 0.3 is 6.09 Å². The maximum absolute atomic E-state index is 12.3. The molecule has 3 aromatic rings. The van der Waals surface area contributed by atoms with Gasteiger partial charge in [0.25, 0.3) is 0 Å². The van der Waals surface area contributed by atoms with Crippen molar-refractivity contribution in [3.63, 3.8) is 0 Å². The topological polar surface area (TPSA) is 75.4 Å². The molecule has 3 rings (SSSR count). The molecule has 0 radical (unpaired) electrons. The predicted octanol–water partition coefficient (Wildman–Crippen LogP) is 4.44. The minimum absolute atomic E-state index is 0.0692. The maximum atomic E-state index is 12.3. The normalized spacial score (nSPS) is 12.5. The van der Waals surface area contributed by atoms with Gasteiger partial charge < -0.3 is 25.1 Å². The van der Waals surface area contributed by atoms with Gasteiger partial charge in [0.1, 0.15) is 11.4 Å². The largest absolute Gasteiger partial charge is 0.497 e. The lowest BCUT2D eigenvalue weighted by atomic mass is 10.1. The van der Waals surface area contributed by atoms with E-state index in [1.807, 2.05) is 57.3 Å². The van der Waals surface area contributed by atoms with E-state index in [9.17, 15) is 4.79 Å². The highest BCUT2D eigenvalue weighted by atomic mass is 16.6. The number of hydrogen-bond donors (Lipinski definition) is 3. The molecule has 0 spiro atoms. The molecule has 0 unspecified atom stereocenters. The minimum atomic E-state index is -0.523. The van der Waals surface area contributed by atoms with E-state index < -0.39 is 5.60 Å². The summed E-state index contributed by atoms with van der Waals surface area (Å²) in [7, 11) is 1.68. The van der Waals surface area contributed by atoms with Crippen LogP contribution >= 0.6 is 0 Å². The molecule has 0 aliphatic carbocycles. The lowest BCUT2D eigenvalue weighted by Crippen LogP contribution is -2.45. The monoisotopic (exact) mass is 423 g/mol. The molecule has 0 aliphatic rings. The number of rotatable bonds is 9. The molecular formula is C25H33N3O3. The second-order valence-corrected chi connectivity index (χ2v) is 8.71. The van der Waals surface area contributed by atoms with Crippen molar-refractivity contribution >= 4 is 17.0 Å². The number of benzene rings is 2. The fourth-order valence-corrected chi connectivity index (χ4v) is 3.54. The van der Waals surface area contributed by atoms with Gasteiger partial charge in [0, 0.05) is 29.7 Å². The third-order valence-corrected chi connectivity index (χ3v) is 4.98. The highest BCUT2D eigenvalue weighted by Gasteiger charge is 2.19. The van der Waals surface area contributed by atoms with E-state index >= 15 is 0 Å². The molecule has 31 heavy (non-hydrogen) atoms. The Morgan fingerprint density at radius 3 is 2.61 bits per heavy atom. The van der Waals surface area contributed by atoms with Crippen LogP contribution in [-0.4, -0.2) is 42.9 Å². The highest BCUT2D eigenvalue weighted by molar-refractivity contribution is 5.84. The zero-order valence-electron chi connectivity index (χ0n) is 18.8. The predicted molar refractivity (Wildman–Crippen MR) is 125 cm³/mol. The van der Waals surface area contributed by atoms with Crippen molar-refractivity contribution in [2.24, 2.45) is 0 Å². The number of aromatic nitrogens is 1. The van der Waals surface area contributed by atoms with E-state index in [1.54, 1.807) is 7.11 Å². The molecule has 6 heteroatoms. The molecule has 2 aromatic carbocycles. The molecular weight excluding hydrogens is 390 g/mol. The summed E-state index contributed by atoms with van der Waals surface area (Å²) in [4.78, 5) is 15.6. The van der Waals surface area contributed by atoms with Gasteiger partial charge in [-0.1, -0.05) is 30.3 Å². The Bertz CT molecular complexity index is 977. The average molecular weight is 424 g/mol. The molecule has 1 heterocycles. The van der Waals surface area contributed by atoms with Crippen LogP contribution in [0.5, 0.6) is 5.75 Å². The lowest BCUT2D eigenvalue weighted by Gasteiger charge is -2.24. The molecule has 3 N–H and O–H groups in total. The Morgan fingerprint density at radius 1 is 1.13 bits per heavy atom. The first-order chi connectivity index (χ1) is 14.8. The summed E-state index contributed by atoms with van der Waals surface area (Å²) in [6, 6.07) is 16.1. The van der Waals surface area contributed by atoms with Crippen molar-refractivity contribution in [3.05, 3.63) is 65.9 Å². The number of methoxy groups -OCH3 is 1. The summed E-state index contributed by atoms with van der Waals surface area (Å²) in [6.45, 7) is 7.05. The summed E-state index contributed by atoms with van der Waals surface area (Å²) in [5.41, 5.74) is 2.99. The van der Waals surface area contributed by atoms with Gasteiger partial charge in [-0.3, -0.25) is 0 Å². The lowest BCUT2D eigenvalue weighted by molar-refractivity contribution is 0.0504. The van der Waals surface area contributed by atoms with Crippen LogP contribution in [0.2, 0.25) is 0 Å². The molecule has 0 saturated heterocycles. The van der Waals surface area contributed by atoms with Gasteiger partial charge in [0.05, 0.1) is 7.11 Å².